The predicted molar refractivity (Wildman–Crippen MR) is 108 cm³/mol. The Morgan fingerprint density at radius 3 is 2.39 bits per heavy atom. The zero-order valence-electron chi connectivity index (χ0n) is 16.6. The first-order valence-corrected chi connectivity index (χ1v) is 9.67. The van der Waals surface area contributed by atoms with E-state index in [-0.39, 0.29) is 11.9 Å². The highest BCUT2D eigenvalue weighted by Crippen LogP contribution is 2.31. The van der Waals surface area contributed by atoms with E-state index in [4.69, 9.17) is 14.2 Å². The first-order valence-electron chi connectivity index (χ1n) is 9.67. The topological polar surface area (TPSA) is 61.8 Å². The van der Waals surface area contributed by atoms with Crippen LogP contribution in [0.1, 0.15) is 38.2 Å². The van der Waals surface area contributed by atoms with Gasteiger partial charge in [0.05, 0.1) is 20.3 Å². The fourth-order valence-electron chi connectivity index (χ4n) is 2.87. The lowest BCUT2D eigenvalue weighted by molar-refractivity contribution is -0.143. The van der Waals surface area contributed by atoms with Crippen molar-refractivity contribution < 1.29 is 23.8 Å². The summed E-state index contributed by atoms with van der Waals surface area (Å²) in [4.78, 5) is 22.8. The predicted octanol–water partition coefficient (Wildman–Crippen LogP) is 4.57. The molecule has 0 aliphatic carbocycles. The van der Waals surface area contributed by atoms with Crippen molar-refractivity contribution in [2.24, 2.45) is 0 Å². The van der Waals surface area contributed by atoms with Crippen LogP contribution in [0.4, 0.5) is 0 Å². The fraction of sp³-hybridized carbons (Fsp3) is 0.391. The molecule has 0 atom stereocenters. The van der Waals surface area contributed by atoms with E-state index in [1.54, 1.807) is 6.92 Å². The molecule has 0 fully saturated rings. The Kier molecular flexibility index (Phi) is 9.05. The Balaban J connectivity index is 2.04. The molecule has 0 N–H and O–H groups in total. The van der Waals surface area contributed by atoms with Crippen molar-refractivity contribution in [3.8, 4) is 16.9 Å². The molecule has 0 aliphatic heterocycles. The number of carbonyl (C=O) groups is 2. The van der Waals surface area contributed by atoms with E-state index in [2.05, 4.69) is 6.07 Å². The van der Waals surface area contributed by atoms with Gasteiger partial charge in [-0.05, 0) is 49.4 Å². The molecule has 2 aromatic rings. The molecule has 0 unspecified atom stereocenters. The molecule has 0 heterocycles. The van der Waals surface area contributed by atoms with Crippen LogP contribution in [0.5, 0.6) is 5.75 Å². The highest BCUT2D eigenvalue weighted by Gasteiger charge is 2.10. The summed E-state index contributed by atoms with van der Waals surface area (Å²) >= 11 is 0. The summed E-state index contributed by atoms with van der Waals surface area (Å²) in [6.45, 7) is 2.64. The van der Waals surface area contributed by atoms with Gasteiger partial charge < -0.3 is 14.2 Å². The van der Waals surface area contributed by atoms with Crippen LogP contribution < -0.4 is 4.74 Å². The monoisotopic (exact) mass is 384 g/mol. The maximum atomic E-state index is 11.4. The van der Waals surface area contributed by atoms with E-state index in [0.717, 1.165) is 35.3 Å². The molecular formula is C23H28O5. The zero-order chi connectivity index (χ0) is 20.2. The van der Waals surface area contributed by atoms with Crippen molar-refractivity contribution in [1.82, 2.24) is 0 Å². The summed E-state index contributed by atoms with van der Waals surface area (Å²) in [7, 11) is 1.41. The minimum Gasteiger partial charge on any atom is -0.493 e. The number of hydrogen-bond acceptors (Lipinski definition) is 5. The summed E-state index contributed by atoms with van der Waals surface area (Å²) in [6, 6.07) is 16.1. The second-order valence-electron chi connectivity index (χ2n) is 6.38. The lowest BCUT2D eigenvalue weighted by atomic mass is 9.99. The van der Waals surface area contributed by atoms with Crippen LogP contribution in [-0.2, 0) is 25.5 Å². The maximum Gasteiger partial charge on any atom is 0.305 e. The van der Waals surface area contributed by atoms with Gasteiger partial charge in [-0.1, -0.05) is 36.4 Å². The lowest BCUT2D eigenvalue weighted by Gasteiger charge is -2.14. The summed E-state index contributed by atoms with van der Waals surface area (Å²) < 4.78 is 15.6. The molecule has 0 amide bonds. The number of hydrogen-bond donors (Lipinski definition) is 0. The molecule has 0 aromatic heterocycles. The molecule has 5 heteroatoms. The van der Waals surface area contributed by atoms with Crippen molar-refractivity contribution in [2.45, 2.75) is 39.0 Å². The van der Waals surface area contributed by atoms with Gasteiger partial charge in [-0.3, -0.25) is 9.59 Å². The summed E-state index contributed by atoms with van der Waals surface area (Å²) in [5.41, 5.74) is 3.21. The fourth-order valence-corrected chi connectivity index (χ4v) is 2.87. The second-order valence-corrected chi connectivity index (χ2v) is 6.38. The third-order valence-electron chi connectivity index (χ3n) is 4.29. The Labute approximate surface area is 166 Å². The Hall–Kier alpha value is -2.82. The van der Waals surface area contributed by atoms with Crippen molar-refractivity contribution in [3.05, 3.63) is 54.1 Å². The molecule has 0 saturated heterocycles. The molecule has 28 heavy (non-hydrogen) atoms. The van der Waals surface area contributed by atoms with Crippen molar-refractivity contribution in [3.63, 3.8) is 0 Å². The SMILES string of the molecule is CCOC(=O)CCCOc1ccc(CCCC(=O)OC)cc1-c1ccccc1. The van der Waals surface area contributed by atoms with Crippen LogP contribution in [-0.4, -0.2) is 32.3 Å². The van der Waals surface area contributed by atoms with Gasteiger partial charge in [-0.25, -0.2) is 0 Å². The molecule has 2 rings (SSSR count). The molecule has 150 valence electrons. The first kappa shape index (κ1) is 21.5. The molecule has 0 aliphatic rings. The van der Waals surface area contributed by atoms with Crippen molar-refractivity contribution in [2.75, 3.05) is 20.3 Å². The van der Waals surface area contributed by atoms with Crippen LogP contribution >= 0.6 is 0 Å². The molecule has 2 aromatic carbocycles. The second kappa shape index (κ2) is 11.8. The first-order chi connectivity index (χ1) is 13.6. The van der Waals surface area contributed by atoms with Gasteiger partial charge in [-0.15, -0.1) is 0 Å². The van der Waals surface area contributed by atoms with Crippen LogP contribution in [0.15, 0.2) is 48.5 Å². The maximum absolute atomic E-state index is 11.4. The number of ether oxygens (including phenoxy) is 3. The van der Waals surface area contributed by atoms with E-state index in [9.17, 15) is 9.59 Å². The smallest absolute Gasteiger partial charge is 0.305 e. The Morgan fingerprint density at radius 2 is 1.68 bits per heavy atom. The largest absolute Gasteiger partial charge is 0.493 e. The summed E-state index contributed by atoms with van der Waals surface area (Å²) in [5, 5.41) is 0. The Morgan fingerprint density at radius 1 is 0.929 bits per heavy atom. The van der Waals surface area contributed by atoms with Gasteiger partial charge >= 0.3 is 11.9 Å². The van der Waals surface area contributed by atoms with E-state index in [1.165, 1.54) is 7.11 Å². The standard InChI is InChI=1S/C23H28O5/c1-3-27-23(25)13-8-16-28-21-15-14-18(9-7-12-22(24)26-2)17-20(21)19-10-5-4-6-11-19/h4-6,10-11,14-15,17H,3,7-9,12-13,16H2,1-2H3. The van der Waals surface area contributed by atoms with Gasteiger partial charge in [0.15, 0.2) is 0 Å². The van der Waals surface area contributed by atoms with Gasteiger partial charge in [0.25, 0.3) is 0 Å². The van der Waals surface area contributed by atoms with E-state index in [0.29, 0.717) is 32.5 Å². The number of rotatable bonds is 11. The summed E-state index contributed by atoms with van der Waals surface area (Å²) in [5.74, 6) is 0.395. The molecule has 5 nitrogen and oxygen atoms in total. The van der Waals surface area contributed by atoms with Gasteiger partial charge in [0, 0.05) is 18.4 Å². The normalized spacial score (nSPS) is 10.4. The van der Waals surface area contributed by atoms with E-state index in [1.807, 2.05) is 42.5 Å². The van der Waals surface area contributed by atoms with Gasteiger partial charge in [-0.2, -0.15) is 0 Å². The molecular weight excluding hydrogens is 356 g/mol. The molecule has 0 saturated carbocycles. The number of benzene rings is 2. The van der Waals surface area contributed by atoms with Crippen LogP contribution in [0.3, 0.4) is 0 Å². The minimum absolute atomic E-state index is 0.190. The van der Waals surface area contributed by atoms with Crippen LogP contribution in [0.2, 0.25) is 0 Å². The highest BCUT2D eigenvalue weighted by molar-refractivity contribution is 5.72. The van der Waals surface area contributed by atoms with Gasteiger partial charge in [0.2, 0.25) is 0 Å². The average molecular weight is 384 g/mol. The third-order valence-corrected chi connectivity index (χ3v) is 4.29. The number of methoxy groups -OCH3 is 1. The summed E-state index contributed by atoms with van der Waals surface area (Å²) in [6.07, 6.45) is 2.88. The number of esters is 2. The number of carbonyl (C=O) groups excluding carboxylic acids is 2. The zero-order valence-corrected chi connectivity index (χ0v) is 16.6. The van der Waals surface area contributed by atoms with Crippen molar-refractivity contribution in [1.29, 1.82) is 0 Å². The molecule has 0 bridgehead atoms. The number of aryl methyl sites for hydroxylation is 1. The van der Waals surface area contributed by atoms with Gasteiger partial charge in [0.1, 0.15) is 5.75 Å². The van der Waals surface area contributed by atoms with Crippen LogP contribution in [0.25, 0.3) is 11.1 Å². The average Bonchev–Trinajstić information content (AvgIpc) is 2.72. The van der Waals surface area contributed by atoms with E-state index < -0.39 is 0 Å². The molecule has 0 spiro atoms. The molecule has 0 radical (unpaired) electrons. The van der Waals surface area contributed by atoms with Crippen molar-refractivity contribution >= 4 is 11.9 Å². The quantitative estimate of drug-likeness (QED) is 0.419. The minimum atomic E-state index is -0.199. The third kappa shape index (κ3) is 7.06. The van der Waals surface area contributed by atoms with E-state index >= 15 is 0 Å². The lowest BCUT2D eigenvalue weighted by Crippen LogP contribution is -2.07. The van der Waals surface area contributed by atoms with Crippen LogP contribution in [0, 0.1) is 0 Å². The highest BCUT2D eigenvalue weighted by atomic mass is 16.5. The Bertz CT molecular complexity index is 755.